The first-order valence-electron chi connectivity index (χ1n) is 5.77. The predicted molar refractivity (Wildman–Crippen MR) is 71.7 cm³/mol. The molecule has 1 amide bonds. The van der Waals surface area contributed by atoms with Crippen molar-refractivity contribution in [3.63, 3.8) is 0 Å². The minimum Gasteiger partial charge on any atom is -0.383 e. The molecule has 0 aromatic carbocycles. The van der Waals surface area contributed by atoms with Gasteiger partial charge in [0.05, 0.1) is 12.6 Å². The Labute approximate surface area is 104 Å². The van der Waals surface area contributed by atoms with Crippen molar-refractivity contribution in [1.82, 2.24) is 4.90 Å². The molecule has 0 aromatic heterocycles. The highest BCUT2D eigenvalue weighted by Crippen LogP contribution is 2.14. The van der Waals surface area contributed by atoms with Crippen molar-refractivity contribution in [3.05, 3.63) is 37.0 Å². The number of rotatable bonds is 9. The van der Waals surface area contributed by atoms with E-state index in [1.165, 1.54) is 0 Å². The fourth-order valence-corrected chi connectivity index (χ4v) is 1.62. The van der Waals surface area contributed by atoms with Gasteiger partial charge in [-0.2, -0.15) is 0 Å². The molecule has 2 atom stereocenters. The fraction of sp³-hybridized carbons (Fsp3) is 0.500. The normalized spacial score (nSPS) is 15.0. The van der Waals surface area contributed by atoms with Crippen LogP contribution in [-0.2, 0) is 9.53 Å². The van der Waals surface area contributed by atoms with Gasteiger partial charge in [-0.25, -0.2) is 0 Å². The molecule has 0 aromatic rings. The van der Waals surface area contributed by atoms with E-state index in [0.29, 0.717) is 6.61 Å². The second-order valence-electron chi connectivity index (χ2n) is 3.85. The van der Waals surface area contributed by atoms with Crippen LogP contribution in [0.15, 0.2) is 37.0 Å². The number of hydrogen-bond acceptors (Lipinski definition) is 2. The standard InChI is InChI=1S/C14H23NO2/c1-5-7-8-10-13(9-6-2)14(11-17-4)15(3)12-16/h5-6,8-10,12-14H,1,7,11H2,2-4H3/b9-6-,10-8+. The highest BCUT2D eigenvalue weighted by molar-refractivity contribution is 5.47. The highest BCUT2D eigenvalue weighted by Gasteiger charge is 2.20. The minimum atomic E-state index is 0.0229. The van der Waals surface area contributed by atoms with Crippen LogP contribution in [0, 0.1) is 5.92 Å². The van der Waals surface area contributed by atoms with Gasteiger partial charge in [0.25, 0.3) is 0 Å². The number of likely N-dealkylation sites (N-methyl/N-ethyl adjacent to an activating group) is 1. The number of carbonyl (C=O) groups is 1. The Morgan fingerprint density at radius 2 is 2.12 bits per heavy atom. The van der Waals surface area contributed by atoms with Crippen LogP contribution in [0.5, 0.6) is 0 Å². The lowest BCUT2D eigenvalue weighted by molar-refractivity contribution is -0.120. The largest absolute Gasteiger partial charge is 0.383 e. The molecule has 0 rings (SSSR count). The average Bonchev–Trinajstić information content (AvgIpc) is 2.34. The first-order valence-corrected chi connectivity index (χ1v) is 5.77. The summed E-state index contributed by atoms with van der Waals surface area (Å²) in [5, 5.41) is 0. The van der Waals surface area contributed by atoms with Crippen molar-refractivity contribution >= 4 is 6.41 Å². The van der Waals surface area contributed by atoms with E-state index in [1.54, 1.807) is 19.1 Å². The van der Waals surface area contributed by atoms with Crippen LogP contribution < -0.4 is 0 Å². The molecule has 96 valence electrons. The molecular formula is C14H23NO2. The molecule has 0 radical (unpaired) electrons. The molecule has 0 heterocycles. The second kappa shape index (κ2) is 9.85. The van der Waals surface area contributed by atoms with Crippen molar-refractivity contribution in [3.8, 4) is 0 Å². The predicted octanol–water partition coefficient (Wildman–Crippen LogP) is 2.41. The van der Waals surface area contributed by atoms with E-state index in [9.17, 15) is 4.79 Å². The maximum atomic E-state index is 10.9. The van der Waals surface area contributed by atoms with Gasteiger partial charge in [-0.05, 0) is 13.3 Å². The van der Waals surface area contributed by atoms with Crippen molar-refractivity contribution in [2.75, 3.05) is 20.8 Å². The molecule has 0 spiro atoms. The van der Waals surface area contributed by atoms with E-state index in [1.807, 2.05) is 19.1 Å². The number of carbonyl (C=O) groups excluding carboxylic acids is 1. The Morgan fingerprint density at radius 3 is 2.59 bits per heavy atom. The fourth-order valence-electron chi connectivity index (χ4n) is 1.62. The Balaban J connectivity index is 4.80. The zero-order valence-electron chi connectivity index (χ0n) is 11.0. The molecule has 0 fully saturated rings. The van der Waals surface area contributed by atoms with Gasteiger partial charge in [-0.1, -0.05) is 30.4 Å². The molecule has 0 aliphatic carbocycles. The van der Waals surface area contributed by atoms with Gasteiger partial charge in [0.2, 0.25) is 6.41 Å². The Hall–Kier alpha value is -1.35. The van der Waals surface area contributed by atoms with E-state index >= 15 is 0 Å². The van der Waals surface area contributed by atoms with E-state index < -0.39 is 0 Å². The summed E-state index contributed by atoms with van der Waals surface area (Å²) in [6.45, 7) is 6.16. The van der Waals surface area contributed by atoms with Crippen LogP contribution in [0.2, 0.25) is 0 Å². The van der Waals surface area contributed by atoms with Gasteiger partial charge < -0.3 is 9.64 Å². The van der Waals surface area contributed by atoms with Gasteiger partial charge in [0.1, 0.15) is 0 Å². The van der Waals surface area contributed by atoms with Crippen LogP contribution in [0.25, 0.3) is 0 Å². The van der Waals surface area contributed by atoms with Crippen LogP contribution in [-0.4, -0.2) is 38.1 Å². The lowest BCUT2D eigenvalue weighted by Crippen LogP contribution is -2.39. The maximum Gasteiger partial charge on any atom is 0.209 e. The summed E-state index contributed by atoms with van der Waals surface area (Å²) in [5.41, 5.74) is 0. The number of nitrogens with zero attached hydrogens (tertiary/aromatic N) is 1. The number of amides is 1. The van der Waals surface area contributed by atoms with E-state index in [4.69, 9.17) is 4.74 Å². The van der Waals surface area contributed by atoms with Gasteiger partial charge >= 0.3 is 0 Å². The van der Waals surface area contributed by atoms with E-state index in [2.05, 4.69) is 24.8 Å². The van der Waals surface area contributed by atoms with Crippen LogP contribution in [0.3, 0.4) is 0 Å². The van der Waals surface area contributed by atoms with Crippen LogP contribution in [0.1, 0.15) is 13.3 Å². The number of ether oxygens (including phenoxy) is 1. The molecule has 0 saturated heterocycles. The van der Waals surface area contributed by atoms with E-state index in [-0.39, 0.29) is 12.0 Å². The highest BCUT2D eigenvalue weighted by atomic mass is 16.5. The first kappa shape index (κ1) is 15.7. The lowest BCUT2D eigenvalue weighted by atomic mass is 9.97. The molecule has 3 nitrogen and oxygen atoms in total. The third-order valence-corrected chi connectivity index (χ3v) is 2.55. The van der Waals surface area contributed by atoms with Gasteiger partial charge in [0.15, 0.2) is 0 Å². The summed E-state index contributed by atoms with van der Waals surface area (Å²) in [7, 11) is 3.42. The van der Waals surface area contributed by atoms with Crippen LogP contribution >= 0.6 is 0 Å². The monoisotopic (exact) mass is 237 g/mol. The summed E-state index contributed by atoms with van der Waals surface area (Å²) in [5.74, 6) is 0.162. The van der Waals surface area contributed by atoms with Crippen molar-refractivity contribution in [1.29, 1.82) is 0 Å². The molecule has 0 aliphatic rings. The minimum absolute atomic E-state index is 0.0229. The van der Waals surface area contributed by atoms with Gasteiger partial charge in [-0.3, -0.25) is 4.79 Å². The first-order chi connectivity index (χ1) is 8.21. The number of methoxy groups -OCH3 is 1. The summed E-state index contributed by atoms with van der Waals surface area (Å²) < 4.78 is 5.17. The zero-order valence-corrected chi connectivity index (χ0v) is 11.0. The third kappa shape index (κ3) is 6.07. The quantitative estimate of drug-likeness (QED) is 0.455. The molecule has 3 heteroatoms. The van der Waals surface area contributed by atoms with Crippen molar-refractivity contribution in [2.45, 2.75) is 19.4 Å². The lowest BCUT2D eigenvalue weighted by Gasteiger charge is -2.28. The Bertz CT molecular complexity index is 271. The van der Waals surface area contributed by atoms with Crippen molar-refractivity contribution in [2.24, 2.45) is 5.92 Å². The molecule has 0 aliphatic heterocycles. The number of hydrogen-bond donors (Lipinski definition) is 0. The summed E-state index contributed by atoms with van der Waals surface area (Å²) in [6, 6.07) is 0.0229. The van der Waals surface area contributed by atoms with Crippen LogP contribution in [0.4, 0.5) is 0 Å². The average molecular weight is 237 g/mol. The van der Waals surface area contributed by atoms with Crippen molar-refractivity contribution < 1.29 is 9.53 Å². The summed E-state index contributed by atoms with van der Waals surface area (Å²) in [6.07, 6.45) is 11.7. The molecule has 0 N–H and O–H groups in total. The molecule has 0 bridgehead atoms. The smallest absolute Gasteiger partial charge is 0.209 e. The number of allylic oxidation sites excluding steroid dienone is 3. The zero-order chi connectivity index (χ0) is 13.1. The molecule has 17 heavy (non-hydrogen) atoms. The maximum absolute atomic E-state index is 10.9. The summed E-state index contributed by atoms with van der Waals surface area (Å²) in [4.78, 5) is 12.5. The van der Waals surface area contributed by atoms with E-state index in [0.717, 1.165) is 12.8 Å². The molecular weight excluding hydrogens is 214 g/mol. The molecule has 2 unspecified atom stereocenters. The van der Waals surface area contributed by atoms with Gasteiger partial charge in [0, 0.05) is 20.1 Å². The third-order valence-electron chi connectivity index (χ3n) is 2.55. The molecule has 0 saturated carbocycles. The Kier molecular flexibility index (Phi) is 9.06. The second-order valence-corrected chi connectivity index (χ2v) is 3.85. The summed E-state index contributed by atoms with van der Waals surface area (Å²) >= 11 is 0. The Morgan fingerprint density at radius 1 is 1.41 bits per heavy atom. The SMILES string of the molecule is C=CC/C=C/C(/C=C\C)C(COC)N(C)C=O. The van der Waals surface area contributed by atoms with Gasteiger partial charge in [-0.15, -0.1) is 6.58 Å². The topological polar surface area (TPSA) is 29.5 Å².